The molecule has 17 heteroatoms. The molecule has 0 aromatic rings. The summed E-state index contributed by atoms with van der Waals surface area (Å²) in [5.41, 5.74) is -1.89. The molecule has 8 heterocycles. The maximum atomic E-state index is 13.8. The number of aliphatic hydroxyl groups is 1. The van der Waals surface area contributed by atoms with E-state index in [0.717, 1.165) is 25.7 Å². The molecule has 1 N–H and O–H groups in total. The van der Waals surface area contributed by atoms with E-state index in [4.69, 9.17) is 54.8 Å². The number of rotatable bonds is 4. The van der Waals surface area contributed by atoms with Crippen LogP contribution >= 0.6 is 15.9 Å². The molecule has 0 radical (unpaired) electrons. The van der Waals surface area contributed by atoms with Crippen molar-refractivity contribution < 1.29 is 74.7 Å². The highest BCUT2D eigenvalue weighted by molar-refractivity contribution is 9.09. The van der Waals surface area contributed by atoms with Crippen LogP contribution in [0.15, 0.2) is 22.7 Å². The van der Waals surface area contributed by atoms with Gasteiger partial charge >= 0.3 is 12.4 Å². The van der Waals surface area contributed by atoms with Gasteiger partial charge in [-0.25, -0.2) is 19.6 Å². The first-order valence-corrected chi connectivity index (χ1v) is 19.6. The van der Waals surface area contributed by atoms with Gasteiger partial charge in [-0.05, 0) is 69.8 Å². The molecule has 2 aliphatic carbocycles. The van der Waals surface area contributed by atoms with Gasteiger partial charge in [0, 0.05) is 47.4 Å². The van der Waals surface area contributed by atoms with Crippen molar-refractivity contribution in [1.29, 1.82) is 0 Å². The predicted molar refractivity (Wildman–Crippen MR) is 183 cm³/mol. The third kappa shape index (κ3) is 7.44. The summed E-state index contributed by atoms with van der Waals surface area (Å²) < 4.78 is 110. The Labute approximate surface area is 324 Å². The van der Waals surface area contributed by atoms with Gasteiger partial charge in [0.15, 0.2) is 11.2 Å². The fraction of sp³-hybridized carbons (Fsp3) is 0.789. The Kier molecular flexibility index (Phi) is 12.1. The molecule has 12 atom stereocenters. The average molecular weight is 858 g/mol. The summed E-state index contributed by atoms with van der Waals surface area (Å²) in [4.78, 5) is 22.8. The molecule has 0 aromatic carbocycles. The molecular formula is C38H47BrF6O10. The first-order chi connectivity index (χ1) is 25.8. The SMILES string of the molecule is C#CCO.C#CCOCC1=C(C(F)(F)F)O[C@@H]2O[C@]3(C)CCC4[C@H](C)CC[C@@H]1[C@]42OO3.C[C@@H]1CC[C@H]2C(CBr)=C(C(F)(F)F)O[C@@H]3O[C@]4(C)CCC1[C@]32OO4. The van der Waals surface area contributed by atoms with Gasteiger partial charge in [0.05, 0.1) is 6.61 Å². The maximum absolute atomic E-state index is 13.8. The Balaban J connectivity index is 0.000000172. The number of aliphatic hydroxyl groups excluding tert-OH is 1. The number of ether oxygens (including phenoxy) is 5. The molecule has 2 unspecified atom stereocenters. The van der Waals surface area contributed by atoms with Gasteiger partial charge in [-0.1, -0.05) is 41.6 Å². The fourth-order valence-corrected chi connectivity index (χ4v) is 10.7. The van der Waals surface area contributed by atoms with E-state index in [1.807, 2.05) is 5.92 Å². The number of fused-ring (bicyclic) bond motifs is 4. The minimum atomic E-state index is -4.66. The number of terminal acetylenes is 2. The third-order valence-corrected chi connectivity index (χ3v) is 13.1. The van der Waals surface area contributed by atoms with Gasteiger partial charge in [0.25, 0.3) is 0 Å². The highest BCUT2D eigenvalue weighted by Crippen LogP contribution is 2.63. The lowest BCUT2D eigenvalue weighted by Crippen LogP contribution is -2.67. The van der Waals surface area contributed by atoms with Crippen molar-refractivity contribution in [1.82, 2.24) is 0 Å². The average Bonchev–Trinajstić information content (AvgIpc) is 3.51. The number of halogens is 7. The minimum Gasteiger partial charge on any atom is -0.456 e. The van der Waals surface area contributed by atoms with Crippen LogP contribution in [0.5, 0.6) is 0 Å². The Bertz CT molecular complexity index is 1590. The second-order valence-electron chi connectivity index (χ2n) is 15.8. The zero-order chi connectivity index (χ0) is 40.2. The Morgan fingerprint density at radius 1 is 0.727 bits per heavy atom. The summed E-state index contributed by atoms with van der Waals surface area (Å²) in [5.74, 6) is -0.360. The summed E-state index contributed by atoms with van der Waals surface area (Å²) in [7, 11) is 0. The number of hydrogen-bond donors (Lipinski definition) is 1. The van der Waals surface area contributed by atoms with E-state index in [1.165, 1.54) is 0 Å². The lowest BCUT2D eigenvalue weighted by atomic mass is 9.59. The minimum absolute atomic E-state index is 0.0311. The summed E-state index contributed by atoms with van der Waals surface area (Å²) >= 11 is 3.22. The molecule has 0 amide bonds. The predicted octanol–water partition coefficient (Wildman–Crippen LogP) is 7.75. The molecule has 0 aromatic heterocycles. The van der Waals surface area contributed by atoms with Crippen molar-refractivity contribution in [2.45, 2.75) is 127 Å². The van der Waals surface area contributed by atoms with E-state index in [-0.39, 0.29) is 54.1 Å². The summed E-state index contributed by atoms with van der Waals surface area (Å²) in [6, 6.07) is 0. The quantitative estimate of drug-likeness (QED) is 0.0994. The summed E-state index contributed by atoms with van der Waals surface area (Å²) in [6.07, 6.45) is 3.57. The molecule has 2 saturated carbocycles. The molecule has 10 aliphatic rings. The third-order valence-electron chi connectivity index (χ3n) is 12.5. The van der Waals surface area contributed by atoms with E-state index < -0.39 is 71.1 Å². The monoisotopic (exact) mass is 856 g/mol. The zero-order valence-electron chi connectivity index (χ0n) is 31.0. The van der Waals surface area contributed by atoms with Crippen LogP contribution in [-0.2, 0) is 43.2 Å². The fourth-order valence-electron chi connectivity index (χ4n) is 10.0. The second kappa shape index (κ2) is 15.6. The molecule has 8 fully saturated rings. The van der Waals surface area contributed by atoms with Crippen molar-refractivity contribution in [2.24, 2.45) is 35.5 Å². The van der Waals surface area contributed by atoms with E-state index in [9.17, 15) is 26.3 Å². The Morgan fingerprint density at radius 2 is 1.16 bits per heavy atom. The molecule has 55 heavy (non-hydrogen) atoms. The second-order valence-corrected chi connectivity index (χ2v) is 16.4. The first-order valence-electron chi connectivity index (χ1n) is 18.5. The van der Waals surface area contributed by atoms with Gasteiger partial charge in [-0.3, -0.25) is 0 Å². The van der Waals surface area contributed by atoms with Crippen molar-refractivity contribution in [3.05, 3.63) is 22.7 Å². The number of hydrogen-bond acceptors (Lipinski definition) is 10. The van der Waals surface area contributed by atoms with Crippen LogP contribution in [0.2, 0.25) is 0 Å². The number of allylic oxidation sites excluding steroid dienone is 2. The van der Waals surface area contributed by atoms with Crippen LogP contribution in [-0.4, -0.2) is 78.0 Å². The van der Waals surface area contributed by atoms with Crippen LogP contribution in [0.1, 0.15) is 79.1 Å². The van der Waals surface area contributed by atoms with Gasteiger partial charge in [0.1, 0.15) is 13.2 Å². The van der Waals surface area contributed by atoms with Gasteiger partial charge in [-0.2, -0.15) is 26.3 Å². The normalized spacial score (nSPS) is 42.7. The van der Waals surface area contributed by atoms with Gasteiger partial charge in [-0.15, -0.1) is 12.8 Å². The van der Waals surface area contributed by atoms with E-state index in [2.05, 4.69) is 42.1 Å². The van der Waals surface area contributed by atoms with E-state index in [0.29, 0.717) is 31.6 Å². The zero-order valence-corrected chi connectivity index (χ0v) is 32.6. The van der Waals surface area contributed by atoms with Crippen molar-refractivity contribution >= 4 is 15.9 Å². The van der Waals surface area contributed by atoms with Crippen molar-refractivity contribution in [3.8, 4) is 24.7 Å². The van der Waals surface area contributed by atoms with Crippen LogP contribution < -0.4 is 0 Å². The lowest BCUT2D eigenvalue weighted by molar-refractivity contribution is -0.557. The van der Waals surface area contributed by atoms with Gasteiger partial charge < -0.3 is 28.8 Å². The van der Waals surface area contributed by atoms with Gasteiger partial charge in [0.2, 0.25) is 35.7 Å². The highest BCUT2D eigenvalue weighted by atomic mass is 79.9. The van der Waals surface area contributed by atoms with Crippen LogP contribution in [0, 0.1) is 60.2 Å². The Hall–Kier alpha value is -2.06. The largest absolute Gasteiger partial charge is 0.456 e. The summed E-state index contributed by atoms with van der Waals surface area (Å²) in [6.45, 7) is 7.08. The molecule has 6 saturated heterocycles. The molecule has 10 nitrogen and oxygen atoms in total. The van der Waals surface area contributed by atoms with Crippen molar-refractivity contribution in [3.63, 3.8) is 0 Å². The molecule has 8 aliphatic heterocycles. The lowest BCUT2D eigenvalue weighted by Gasteiger charge is -2.57. The summed E-state index contributed by atoms with van der Waals surface area (Å²) in [5, 5.41) is 7.72. The maximum Gasteiger partial charge on any atom is 0.449 e. The molecular weight excluding hydrogens is 810 g/mol. The van der Waals surface area contributed by atoms with E-state index in [1.54, 1.807) is 13.8 Å². The molecule has 4 bridgehead atoms. The van der Waals surface area contributed by atoms with Crippen LogP contribution in [0.4, 0.5) is 26.3 Å². The Morgan fingerprint density at radius 3 is 1.56 bits per heavy atom. The first kappa shape index (κ1) is 42.5. The van der Waals surface area contributed by atoms with Crippen LogP contribution in [0.25, 0.3) is 0 Å². The highest BCUT2D eigenvalue weighted by Gasteiger charge is 2.71. The van der Waals surface area contributed by atoms with Crippen LogP contribution in [0.3, 0.4) is 0 Å². The molecule has 10 rings (SSSR count). The van der Waals surface area contributed by atoms with Crippen molar-refractivity contribution in [2.75, 3.05) is 25.2 Å². The smallest absolute Gasteiger partial charge is 0.449 e. The topological polar surface area (TPSA) is 103 Å². The number of alkyl halides is 7. The molecule has 2 spiro atoms. The van der Waals surface area contributed by atoms with E-state index >= 15 is 0 Å². The standard InChI is InChI=1S/C19H23F3O5.C16H20BrF3O4.C3H4O/c1-4-9-23-10-12-14-6-5-11(2)13-7-8-17(3)25-16(18(13,14)27-26-17)24-15(12)19(20,21)22;1-8-3-4-11-9(7-17)12(16(18,19)20)21-13-15(11)10(8)5-6-14(2,22-13)23-24-15;1-2-3-4/h1,11,13-14,16H,5-10H2,2-3H3;8,10-11,13H,3-7H2,1-2H3;1,4H,3H2/t11-,13?,14+,16-,17+,18-;8-,10?,11+,13-,14+,15-;/m11./s1. The molecule has 308 valence electrons.